The van der Waals surface area contributed by atoms with Crippen molar-refractivity contribution in [1.29, 1.82) is 0 Å². The van der Waals surface area contributed by atoms with E-state index in [9.17, 15) is 13.2 Å². The van der Waals surface area contributed by atoms with E-state index in [4.69, 9.17) is 9.66 Å². The van der Waals surface area contributed by atoms with Gasteiger partial charge in [0.15, 0.2) is 5.25 Å². The number of terminal acetylenes is 1. The Bertz CT molecular complexity index is 282. The maximum absolute atomic E-state index is 10.2. The zero-order chi connectivity index (χ0) is 9.07. The summed E-state index contributed by atoms with van der Waals surface area (Å²) >= 11 is 0. The number of hydrogen-bond acceptors (Lipinski definition) is 3. The predicted molar refractivity (Wildman–Crippen MR) is 36.4 cm³/mol. The summed E-state index contributed by atoms with van der Waals surface area (Å²) in [7, 11) is -4.43. The molecule has 0 spiro atoms. The average Bonchev–Trinajstić information content (AvgIpc) is 1.79. The lowest BCUT2D eigenvalue weighted by molar-refractivity contribution is -0.136. The van der Waals surface area contributed by atoms with Crippen LogP contribution >= 0.6 is 0 Å². The largest absolute Gasteiger partial charge is 0.481 e. The standard InChI is InChI=1S/C5H6O5S/c1-2-4(3-5(6)7)11(8,9)10/h1,4H,3H2,(H,6,7)(H,8,9,10). The van der Waals surface area contributed by atoms with Gasteiger partial charge in [0.05, 0.1) is 6.42 Å². The summed E-state index contributed by atoms with van der Waals surface area (Å²) in [6, 6.07) is 0. The summed E-state index contributed by atoms with van der Waals surface area (Å²) in [6.45, 7) is 0. The van der Waals surface area contributed by atoms with Gasteiger partial charge in [0, 0.05) is 0 Å². The molecule has 1 atom stereocenters. The van der Waals surface area contributed by atoms with Crippen LogP contribution in [0.15, 0.2) is 0 Å². The molecule has 0 amide bonds. The summed E-state index contributed by atoms with van der Waals surface area (Å²) in [4.78, 5) is 9.94. The molecule has 5 nitrogen and oxygen atoms in total. The number of rotatable bonds is 3. The van der Waals surface area contributed by atoms with Gasteiger partial charge in [-0.2, -0.15) is 8.42 Å². The summed E-state index contributed by atoms with van der Waals surface area (Å²) in [5.41, 5.74) is 0. The third-order valence-electron chi connectivity index (χ3n) is 0.905. The van der Waals surface area contributed by atoms with Gasteiger partial charge >= 0.3 is 5.97 Å². The van der Waals surface area contributed by atoms with Crippen molar-refractivity contribution < 1.29 is 22.9 Å². The Balaban J connectivity index is 4.48. The van der Waals surface area contributed by atoms with Gasteiger partial charge in [-0.05, 0) is 0 Å². The number of aliphatic carboxylic acids is 1. The number of carbonyl (C=O) groups is 1. The van der Waals surface area contributed by atoms with E-state index in [0.717, 1.165) is 0 Å². The molecule has 11 heavy (non-hydrogen) atoms. The molecule has 0 aromatic heterocycles. The molecule has 0 bridgehead atoms. The number of carboxylic acids is 1. The molecule has 0 saturated carbocycles. The van der Waals surface area contributed by atoms with Crippen molar-refractivity contribution in [2.75, 3.05) is 0 Å². The van der Waals surface area contributed by atoms with Crippen LogP contribution < -0.4 is 0 Å². The molecule has 0 radical (unpaired) electrons. The van der Waals surface area contributed by atoms with Gasteiger partial charge in [-0.25, -0.2) is 0 Å². The van der Waals surface area contributed by atoms with Crippen molar-refractivity contribution >= 4 is 16.1 Å². The molecule has 0 aromatic carbocycles. The van der Waals surface area contributed by atoms with Crippen LogP contribution in [-0.4, -0.2) is 29.3 Å². The topological polar surface area (TPSA) is 91.7 Å². The lowest BCUT2D eigenvalue weighted by Crippen LogP contribution is -2.21. The highest BCUT2D eigenvalue weighted by Gasteiger charge is 2.22. The van der Waals surface area contributed by atoms with Gasteiger partial charge in [-0.3, -0.25) is 9.35 Å². The van der Waals surface area contributed by atoms with E-state index < -0.39 is 27.8 Å². The van der Waals surface area contributed by atoms with E-state index >= 15 is 0 Å². The quantitative estimate of drug-likeness (QED) is 0.442. The van der Waals surface area contributed by atoms with Crippen LogP contribution in [0.1, 0.15) is 6.42 Å². The van der Waals surface area contributed by atoms with E-state index in [1.165, 1.54) is 0 Å². The minimum Gasteiger partial charge on any atom is -0.481 e. The molecule has 6 heteroatoms. The molecule has 0 heterocycles. The van der Waals surface area contributed by atoms with Gasteiger partial charge in [-0.15, -0.1) is 6.42 Å². The molecule has 2 N–H and O–H groups in total. The first-order valence-electron chi connectivity index (χ1n) is 2.52. The minimum atomic E-state index is -4.43. The van der Waals surface area contributed by atoms with Gasteiger partial charge in [0.1, 0.15) is 0 Å². The lowest BCUT2D eigenvalue weighted by Gasteiger charge is -2.01. The highest BCUT2D eigenvalue weighted by atomic mass is 32.2. The van der Waals surface area contributed by atoms with Gasteiger partial charge < -0.3 is 5.11 Å². The Kier molecular flexibility index (Phi) is 3.04. The molecule has 0 aliphatic carbocycles. The average molecular weight is 178 g/mol. The number of hydrogen-bond donors (Lipinski definition) is 2. The summed E-state index contributed by atoms with van der Waals surface area (Å²) in [6.07, 6.45) is 3.87. The van der Waals surface area contributed by atoms with Crippen LogP contribution in [-0.2, 0) is 14.9 Å². The van der Waals surface area contributed by atoms with Crippen LogP contribution in [0.4, 0.5) is 0 Å². The Morgan fingerprint density at radius 2 is 2.09 bits per heavy atom. The van der Waals surface area contributed by atoms with E-state index in [1.54, 1.807) is 5.92 Å². The monoisotopic (exact) mass is 178 g/mol. The molecule has 0 aromatic rings. The fourth-order valence-corrected chi connectivity index (χ4v) is 0.934. The second kappa shape index (κ2) is 3.37. The van der Waals surface area contributed by atoms with Crippen LogP contribution in [0.25, 0.3) is 0 Å². The van der Waals surface area contributed by atoms with Crippen molar-refractivity contribution in [2.24, 2.45) is 0 Å². The van der Waals surface area contributed by atoms with Crippen molar-refractivity contribution in [3.05, 3.63) is 0 Å². The molecule has 0 aliphatic rings. The maximum Gasteiger partial charge on any atom is 0.305 e. The van der Waals surface area contributed by atoms with Crippen LogP contribution in [0.5, 0.6) is 0 Å². The fourth-order valence-electron chi connectivity index (χ4n) is 0.409. The molecule has 0 aliphatic heterocycles. The van der Waals surface area contributed by atoms with E-state index in [1.807, 2.05) is 0 Å². The van der Waals surface area contributed by atoms with Crippen molar-refractivity contribution in [3.8, 4) is 12.3 Å². The first-order chi connectivity index (χ1) is 4.88. The summed E-state index contributed by atoms with van der Waals surface area (Å²) in [5, 5.41) is 6.45. The van der Waals surface area contributed by atoms with Crippen molar-refractivity contribution in [1.82, 2.24) is 0 Å². The van der Waals surface area contributed by atoms with Gasteiger partial charge in [0.2, 0.25) is 0 Å². The highest BCUT2D eigenvalue weighted by molar-refractivity contribution is 7.86. The van der Waals surface area contributed by atoms with E-state index in [0.29, 0.717) is 0 Å². The summed E-state index contributed by atoms with van der Waals surface area (Å²) < 4.78 is 28.8. The van der Waals surface area contributed by atoms with Crippen LogP contribution in [0.2, 0.25) is 0 Å². The van der Waals surface area contributed by atoms with Crippen LogP contribution in [0, 0.1) is 12.3 Å². The number of carboxylic acid groups (broad SMARTS) is 1. The second-order valence-corrected chi connectivity index (χ2v) is 3.37. The third kappa shape index (κ3) is 3.60. The molecule has 0 rings (SSSR count). The van der Waals surface area contributed by atoms with Crippen LogP contribution in [0.3, 0.4) is 0 Å². The molecule has 62 valence electrons. The molecule has 0 saturated heterocycles. The fraction of sp³-hybridized carbons (Fsp3) is 0.400. The highest BCUT2D eigenvalue weighted by Crippen LogP contribution is 2.01. The zero-order valence-corrected chi connectivity index (χ0v) is 6.21. The van der Waals surface area contributed by atoms with Gasteiger partial charge in [0.25, 0.3) is 10.1 Å². The Labute approximate surface area is 63.8 Å². The summed E-state index contributed by atoms with van der Waals surface area (Å²) in [5.74, 6) is 0.285. The Morgan fingerprint density at radius 3 is 2.18 bits per heavy atom. The first kappa shape index (κ1) is 9.94. The first-order valence-corrected chi connectivity index (χ1v) is 4.02. The van der Waals surface area contributed by atoms with Crippen molar-refractivity contribution in [3.63, 3.8) is 0 Å². The zero-order valence-electron chi connectivity index (χ0n) is 5.39. The van der Waals surface area contributed by atoms with E-state index in [2.05, 4.69) is 6.42 Å². The SMILES string of the molecule is C#CC(CC(=O)O)S(=O)(=O)O. The maximum atomic E-state index is 10.2. The Morgan fingerprint density at radius 1 is 1.64 bits per heavy atom. The van der Waals surface area contributed by atoms with Gasteiger partial charge in [-0.1, -0.05) is 5.92 Å². The van der Waals surface area contributed by atoms with Crippen molar-refractivity contribution in [2.45, 2.75) is 11.7 Å². The molecule has 1 unspecified atom stereocenters. The smallest absolute Gasteiger partial charge is 0.305 e. The third-order valence-corrected chi connectivity index (χ3v) is 1.93. The minimum absolute atomic E-state index is 0.782. The lowest BCUT2D eigenvalue weighted by atomic mass is 10.3. The predicted octanol–water partition coefficient (Wildman–Crippen LogP) is -0.649. The second-order valence-electron chi connectivity index (χ2n) is 1.77. The molecular weight excluding hydrogens is 172 g/mol. The molecular formula is C5H6O5S. The van der Waals surface area contributed by atoms with E-state index in [-0.39, 0.29) is 0 Å². The Hall–Kier alpha value is -1.06. The normalized spacial score (nSPS) is 13.5. The molecule has 0 fully saturated rings.